The Morgan fingerprint density at radius 1 is 1.45 bits per heavy atom. The number of allylic oxidation sites excluding steroid dienone is 1. The second-order valence-electron chi connectivity index (χ2n) is 5.80. The molecule has 22 heavy (non-hydrogen) atoms. The third-order valence-electron chi connectivity index (χ3n) is 4.35. The number of aryl methyl sites for hydroxylation is 1. The Kier molecular flexibility index (Phi) is 4.29. The lowest BCUT2D eigenvalue weighted by atomic mass is 9.94. The van der Waals surface area contributed by atoms with Gasteiger partial charge in [0.15, 0.2) is 0 Å². The van der Waals surface area contributed by atoms with Crippen molar-refractivity contribution in [2.75, 3.05) is 13.7 Å². The van der Waals surface area contributed by atoms with E-state index in [1.807, 2.05) is 16.8 Å². The van der Waals surface area contributed by atoms with Gasteiger partial charge in [0.2, 0.25) is 0 Å². The van der Waals surface area contributed by atoms with Crippen LogP contribution in [0.15, 0.2) is 43.1 Å². The summed E-state index contributed by atoms with van der Waals surface area (Å²) in [7, 11) is 1.72. The first kappa shape index (κ1) is 14.9. The summed E-state index contributed by atoms with van der Waals surface area (Å²) in [4.78, 5) is 2.50. The summed E-state index contributed by atoms with van der Waals surface area (Å²) < 4.78 is 7.29. The molecule has 2 aromatic rings. The highest BCUT2D eigenvalue weighted by Gasteiger charge is 2.30. The van der Waals surface area contributed by atoms with Gasteiger partial charge in [0.1, 0.15) is 5.75 Å². The minimum absolute atomic E-state index is 0.484. The van der Waals surface area contributed by atoms with Crippen LogP contribution in [0, 0.1) is 6.92 Å². The van der Waals surface area contributed by atoms with E-state index in [1.165, 1.54) is 17.5 Å². The predicted molar refractivity (Wildman–Crippen MR) is 87.9 cm³/mol. The standard InChI is InChI=1S/C18H23N3O/c1-4-9-21-13-16(14(2)19-21)12-20-10-8-18(20)15-6-5-7-17(11-15)22-3/h4-7,11,13,18H,1,8-10,12H2,2-3H3/t18-/m1/s1. The van der Waals surface area contributed by atoms with Gasteiger partial charge in [-0.15, -0.1) is 6.58 Å². The Bertz CT molecular complexity index is 662. The summed E-state index contributed by atoms with van der Waals surface area (Å²) >= 11 is 0. The van der Waals surface area contributed by atoms with Crippen molar-refractivity contribution in [3.63, 3.8) is 0 Å². The molecule has 3 rings (SSSR count). The van der Waals surface area contributed by atoms with E-state index in [-0.39, 0.29) is 0 Å². The van der Waals surface area contributed by atoms with Gasteiger partial charge >= 0.3 is 0 Å². The van der Waals surface area contributed by atoms with E-state index in [9.17, 15) is 0 Å². The molecule has 1 aliphatic heterocycles. The van der Waals surface area contributed by atoms with Gasteiger partial charge in [0.25, 0.3) is 0 Å². The van der Waals surface area contributed by atoms with Crippen LogP contribution in [-0.2, 0) is 13.1 Å². The van der Waals surface area contributed by atoms with Crippen molar-refractivity contribution in [3.05, 3.63) is 59.9 Å². The average Bonchev–Trinajstić information content (AvgIpc) is 2.84. The fraction of sp³-hybridized carbons (Fsp3) is 0.389. The third-order valence-corrected chi connectivity index (χ3v) is 4.35. The van der Waals surface area contributed by atoms with Crippen LogP contribution in [0.25, 0.3) is 0 Å². The highest BCUT2D eigenvalue weighted by atomic mass is 16.5. The molecule has 0 bridgehead atoms. The van der Waals surface area contributed by atoms with Crippen molar-refractivity contribution in [2.45, 2.75) is 32.5 Å². The Morgan fingerprint density at radius 2 is 2.32 bits per heavy atom. The molecular weight excluding hydrogens is 274 g/mol. The van der Waals surface area contributed by atoms with Crippen molar-refractivity contribution in [1.29, 1.82) is 0 Å². The lowest BCUT2D eigenvalue weighted by Gasteiger charge is -2.41. The summed E-state index contributed by atoms with van der Waals surface area (Å²) in [6.07, 6.45) is 5.21. The van der Waals surface area contributed by atoms with E-state index < -0.39 is 0 Å². The smallest absolute Gasteiger partial charge is 0.119 e. The predicted octanol–water partition coefficient (Wildman–Crippen LogP) is 3.33. The van der Waals surface area contributed by atoms with Crippen LogP contribution in [-0.4, -0.2) is 28.3 Å². The molecule has 0 aliphatic carbocycles. The molecule has 4 nitrogen and oxygen atoms in total. The van der Waals surface area contributed by atoms with E-state index in [1.54, 1.807) is 7.11 Å². The number of hydrogen-bond acceptors (Lipinski definition) is 3. The quantitative estimate of drug-likeness (QED) is 0.766. The van der Waals surface area contributed by atoms with Gasteiger partial charge in [0, 0.05) is 30.9 Å². The van der Waals surface area contributed by atoms with Gasteiger partial charge in [0.05, 0.1) is 19.3 Å². The maximum Gasteiger partial charge on any atom is 0.119 e. The molecule has 0 N–H and O–H groups in total. The van der Waals surface area contributed by atoms with Gasteiger partial charge < -0.3 is 4.74 Å². The minimum Gasteiger partial charge on any atom is -0.497 e. The monoisotopic (exact) mass is 297 g/mol. The van der Waals surface area contributed by atoms with Crippen molar-refractivity contribution in [2.24, 2.45) is 0 Å². The van der Waals surface area contributed by atoms with Gasteiger partial charge in [-0.1, -0.05) is 18.2 Å². The Balaban J connectivity index is 1.72. The molecule has 2 heterocycles. The Morgan fingerprint density at radius 3 is 3.00 bits per heavy atom. The summed E-state index contributed by atoms with van der Waals surface area (Å²) in [5.41, 5.74) is 3.74. The molecule has 0 radical (unpaired) electrons. The summed E-state index contributed by atoms with van der Waals surface area (Å²) in [6.45, 7) is 8.69. The second-order valence-corrected chi connectivity index (χ2v) is 5.80. The number of nitrogens with zero attached hydrogens (tertiary/aromatic N) is 3. The number of methoxy groups -OCH3 is 1. The zero-order chi connectivity index (χ0) is 15.5. The molecular formula is C18H23N3O. The zero-order valence-corrected chi connectivity index (χ0v) is 13.3. The molecule has 4 heteroatoms. The number of rotatable bonds is 6. The largest absolute Gasteiger partial charge is 0.497 e. The van der Waals surface area contributed by atoms with Crippen LogP contribution in [0.4, 0.5) is 0 Å². The zero-order valence-electron chi connectivity index (χ0n) is 13.3. The molecule has 0 saturated carbocycles. The summed E-state index contributed by atoms with van der Waals surface area (Å²) in [5.74, 6) is 0.930. The topological polar surface area (TPSA) is 30.3 Å². The van der Waals surface area contributed by atoms with Crippen molar-refractivity contribution < 1.29 is 4.74 Å². The molecule has 116 valence electrons. The van der Waals surface area contributed by atoms with Crippen LogP contribution in [0.5, 0.6) is 5.75 Å². The third kappa shape index (κ3) is 2.92. The molecule has 1 fully saturated rings. The summed E-state index contributed by atoms with van der Waals surface area (Å²) in [5, 5.41) is 4.54. The Labute approximate surface area is 132 Å². The van der Waals surface area contributed by atoms with Gasteiger partial charge in [-0.05, 0) is 31.0 Å². The number of aromatic nitrogens is 2. The first-order chi connectivity index (χ1) is 10.7. The molecule has 0 spiro atoms. The first-order valence-corrected chi connectivity index (χ1v) is 7.73. The normalized spacial score (nSPS) is 18.0. The van der Waals surface area contributed by atoms with Crippen molar-refractivity contribution in [3.8, 4) is 5.75 Å². The SMILES string of the molecule is C=CCn1cc(CN2CC[C@@H]2c2cccc(OC)c2)c(C)n1. The minimum atomic E-state index is 0.484. The van der Waals surface area contributed by atoms with Gasteiger partial charge in [-0.25, -0.2) is 0 Å². The molecule has 1 aromatic carbocycles. The molecule has 0 unspecified atom stereocenters. The molecule has 1 atom stereocenters. The highest BCUT2D eigenvalue weighted by Crippen LogP contribution is 2.36. The maximum atomic E-state index is 5.34. The Hall–Kier alpha value is -2.07. The molecule has 1 saturated heterocycles. The number of likely N-dealkylation sites (tertiary alicyclic amines) is 1. The number of ether oxygens (including phenoxy) is 1. The van der Waals surface area contributed by atoms with Gasteiger partial charge in [-0.3, -0.25) is 9.58 Å². The lowest BCUT2D eigenvalue weighted by Crippen LogP contribution is -2.40. The second kappa shape index (κ2) is 6.36. The molecule has 1 aliphatic rings. The van der Waals surface area contributed by atoms with E-state index in [0.29, 0.717) is 6.04 Å². The van der Waals surface area contributed by atoms with Crippen LogP contribution in [0.1, 0.15) is 29.3 Å². The average molecular weight is 297 g/mol. The van der Waals surface area contributed by atoms with Crippen LogP contribution < -0.4 is 4.74 Å². The van der Waals surface area contributed by atoms with Crippen LogP contribution >= 0.6 is 0 Å². The maximum absolute atomic E-state index is 5.34. The van der Waals surface area contributed by atoms with E-state index in [4.69, 9.17) is 4.74 Å². The number of benzene rings is 1. The van der Waals surface area contributed by atoms with E-state index in [2.05, 4.69) is 47.9 Å². The van der Waals surface area contributed by atoms with E-state index in [0.717, 1.165) is 31.1 Å². The van der Waals surface area contributed by atoms with E-state index >= 15 is 0 Å². The number of hydrogen-bond donors (Lipinski definition) is 0. The fourth-order valence-corrected chi connectivity index (χ4v) is 3.02. The fourth-order valence-electron chi connectivity index (χ4n) is 3.02. The highest BCUT2D eigenvalue weighted by molar-refractivity contribution is 5.32. The molecule has 0 amide bonds. The van der Waals surface area contributed by atoms with Crippen molar-refractivity contribution >= 4 is 0 Å². The first-order valence-electron chi connectivity index (χ1n) is 7.73. The molecule has 1 aromatic heterocycles. The van der Waals surface area contributed by atoms with Gasteiger partial charge in [-0.2, -0.15) is 5.10 Å². The lowest BCUT2D eigenvalue weighted by molar-refractivity contribution is 0.0815. The van der Waals surface area contributed by atoms with Crippen molar-refractivity contribution in [1.82, 2.24) is 14.7 Å². The van der Waals surface area contributed by atoms with Crippen LogP contribution in [0.3, 0.4) is 0 Å². The van der Waals surface area contributed by atoms with Crippen LogP contribution in [0.2, 0.25) is 0 Å². The summed E-state index contributed by atoms with van der Waals surface area (Å²) in [6, 6.07) is 8.88.